The summed E-state index contributed by atoms with van der Waals surface area (Å²) < 4.78 is 0. The third kappa shape index (κ3) is 3.94. The molecule has 0 bridgehead atoms. The van der Waals surface area contributed by atoms with Gasteiger partial charge in [0.1, 0.15) is 0 Å². The van der Waals surface area contributed by atoms with Crippen molar-refractivity contribution in [3.8, 4) is 0 Å². The summed E-state index contributed by atoms with van der Waals surface area (Å²) in [7, 11) is 1.84. The first kappa shape index (κ1) is 14.4. The first-order valence-corrected chi connectivity index (χ1v) is 6.54. The summed E-state index contributed by atoms with van der Waals surface area (Å²) in [6.45, 7) is 0.705. The molecule has 2 N–H and O–H groups in total. The SMILES string of the molecule is CNCCC(=O)Nc1nc2c(s1)CCCC2.Cl. The van der Waals surface area contributed by atoms with Crippen molar-refractivity contribution in [2.24, 2.45) is 0 Å². The summed E-state index contributed by atoms with van der Waals surface area (Å²) >= 11 is 1.63. The number of amides is 1. The van der Waals surface area contributed by atoms with Crippen LogP contribution in [-0.2, 0) is 17.6 Å². The maximum Gasteiger partial charge on any atom is 0.227 e. The Morgan fingerprint density at radius 3 is 2.88 bits per heavy atom. The molecule has 96 valence electrons. The van der Waals surface area contributed by atoms with Crippen LogP contribution in [0.2, 0.25) is 0 Å². The molecule has 1 amide bonds. The zero-order chi connectivity index (χ0) is 11.4. The number of nitrogens with one attached hydrogen (secondary N) is 2. The monoisotopic (exact) mass is 275 g/mol. The number of carbonyl (C=O) groups excluding carboxylic acids is 1. The number of fused-ring (bicyclic) bond motifs is 1. The van der Waals surface area contributed by atoms with E-state index in [-0.39, 0.29) is 18.3 Å². The van der Waals surface area contributed by atoms with Gasteiger partial charge in [-0.05, 0) is 32.7 Å². The van der Waals surface area contributed by atoms with Crippen LogP contribution < -0.4 is 10.6 Å². The Morgan fingerprint density at radius 1 is 1.41 bits per heavy atom. The van der Waals surface area contributed by atoms with Crippen molar-refractivity contribution in [3.63, 3.8) is 0 Å². The van der Waals surface area contributed by atoms with Gasteiger partial charge in [0.25, 0.3) is 0 Å². The third-order valence-corrected chi connectivity index (χ3v) is 3.77. The van der Waals surface area contributed by atoms with Gasteiger partial charge < -0.3 is 10.6 Å². The van der Waals surface area contributed by atoms with Crippen molar-refractivity contribution in [3.05, 3.63) is 10.6 Å². The second kappa shape index (κ2) is 6.93. The van der Waals surface area contributed by atoms with E-state index in [0.717, 1.165) is 18.0 Å². The molecule has 0 aromatic carbocycles. The van der Waals surface area contributed by atoms with Crippen LogP contribution in [0.1, 0.15) is 29.8 Å². The molecule has 0 aliphatic heterocycles. The lowest BCUT2D eigenvalue weighted by Gasteiger charge is -2.06. The summed E-state index contributed by atoms with van der Waals surface area (Å²) in [5.41, 5.74) is 1.19. The quantitative estimate of drug-likeness (QED) is 0.884. The molecule has 6 heteroatoms. The lowest BCUT2D eigenvalue weighted by molar-refractivity contribution is -0.116. The number of hydrogen-bond acceptors (Lipinski definition) is 4. The van der Waals surface area contributed by atoms with Gasteiger partial charge in [-0.3, -0.25) is 4.79 Å². The first-order chi connectivity index (χ1) is 7.79. The van der Waals surface area contributed by atoms with Gasteiger partial charge in [0.2, 0.25) is 5.91 Å². The van der Waals surface area contributed by atoms with Gasteiger partial charge in [-0.2, -0.15) is 0 Å². The number of aromatic nitrogens is 1. The van der Waals surface area contributed by atoms with Gasteiger partial charge in [-0.25, -0.2) is 4.98 Å². The number of thiazole rings is 1. The Hall–Kier alpha value is -0.650. The second-order valence-electron chi connectivity index (χ2n) is 4.00. The second-order valence-corrected chi connectivity index (χ2v) is 5.08. The fourth-order valence-corrected chi connectivity index (χ4v) is 2.89. The highest BCUT2D eigenvalue weighted by Crippen LogP contribution is 2.29. The minimum Gasteiger partial charge on any atom is -0.319 e. The number of halogens is 1. The summed E-state index contributed by atoms with van der Waals surface area (Å²) in [6, 6.07) is 0. The Bertz CT molecular complexity index is 357. The average Bonchev–Trinajstić information content (AvgIpc) is 2.68. The van der Waals surface area contributed by atoms with Gasteiger partial charge >= 0.3 is 0 Å². The van der Waals surface area contributed by atoms with Crippen molar-refractivity contribution in [1.29, 1.82) is 0 Å². The number of rotatable bonds is 4. The van der Waals surface area contributed by atoms with E-state index in [1.807, 2.05) is 7.05 Å². The summed E-state index contributed by atoms with van der Waals surface area (Å²) in [5, 5.41) is 6.59. The van der Waals surface area contributed by atoms with Crippen LogP contribution in [0.5, 0.6) is 0 Å². The molecule has 17 heavy (non-hydrogen) atoms. The van der Waals surface area contributed by atoms with Gasteiger partial charge in [-0.1, -0.05) is 0 Å². The van der Waals surface area contributed by atoms with Crippen molar-refractivity contribution >= 4 is 34.8 Å². The molecule has 1 heterocycles. The number of aryl methyl sites for hydroxylation is 2. The maximum absolute atomic E-state index is 11.5. The summed E-state index contributed by atoms with van der Waals surface area (Å²) in [5.74, 6) is 0.0421. The molecule has 4 nitrogen and oxygen atoms in total. The number of nitrogens with zero attached hydrogens (tertiary/aromatic N) is 1. The van der Waals surface area contributed by atoms with Gasteiger partial charge in [0, 0.05) is 17.8 Å². The molecule has 0 fully saturated rings. The van der Waals surface area contributed by atoms with E-state index in [1.165, 1.54) is 23.4 Å². The summed E-state index contributed by atoms with van der Waals surface area (Å²) in [6.07, 6.45) is 5.17. The van der Waals surface area contributed by atoms with Crippen LogP contribution in [0.15, 0.2) is 0 Å². The molecule has 0 atom stereocenters. The van der Waals surface area contributed by atoms with Gasteiger partial charge in [-0.15, -0.1) is 23.7 Å². The van der Waals surface area contributed by atoms with Crippen LogP contribution in [0.4, 0.5) is 5.13 Å². The van der Waals surface area contributed by atoms with Gasteiger partial charge in [0.15, 0.2) is 5.13 Å². The molecule has 1 aromatic rings. The number of carbonyl (C=O) groups is 1. The highest BCUT2D eigenvalue weighted by atomic mass is 35.5. The molecular formula is C11H18ClN3OS. The molecular weight excluding hydrogens is 258 g/mol. The van der Waals surface area contributed by atoms with E-state index in [1.54, 1.807) is 11.3 Å². The first-order valence-electron chi connectivity index (χ1n) is 5.72. The Labute approximate surface area is 112 Å². The molecule has 1 aliphatic rings. The van der Waals surface area contributed by atoms with E-state index in [9.17, 15) is 4.79 Å². The smallest absolute Gasteiger partial charge is 0.227 e. The minimum absolute atomic E-state index is 0. The Kier molecular flexibility index (Phi) is 5.88. The van der Waals surface area contributed by atoms with E-state index in [0.29, 0.717) is 13.0 Å². The third-order valence-electron chi connectivity index (χ3n) is 2.69. The van der Waals surface area contributed by atoms with E-state index in [2.05, 4.69) is 15.6 Å². The van der Waals surface area contributed by atoms with Crippen LogP contribution in [0.3, 0.4) is 0 Å². The van der Waals surface area contributed by atoms with Crippen molar-refractivity contribution in [2.45, 2.75) is 32.1 Å². The van der Waals surface area contributed by atoms with E-state index < -0.39 is 0 Å². The normalized spacial score (nSPS) is 13.7. The van der Waals surface area contributed by atoms with Crippen LogP contribution in [0.25, 0.3) is 0 Å². The fourth-order valence-electron chi connectivity index (χ4n) is 1.83. The zero-order valence-electron chi connectivity index (χ0n) is 9.91. The largest absolute Gasteiger partial charge is 0.319 e. The molecule has 0 spiro atoms. The van der Waals surface area contributed by atoms with E-state index in [4.69, 9.17) is 0 Å². The number of hydrogen-bond donors (Lipinski definition) is 2. The predicted octanol–water partition coefficient (Wildman–Crippen LogP) is 1.99. The van der Waals surface area contributed by atoms with Gasteiger partial charge in [0.05, 0.1) is 5.69 Å². The number of anilines is 1. The van der Waals surface area contributed by atoms with Crippen LogP contribution >= 0.6 is 23.7 Å². The highest BCUT2D eigenvalue weighted by Gasteiger charge is 2.15. The standard InChI is InChI=1S/C11H17N3OS.ClH/c1-12-7-6-10(15)14-11-13-8-4-2-3-5-9(8)16-11;/h12H,2-7H2,1H3,(H,13,14,15);1H. The lowest BCUT2D eigenvalue weighted by atomic mass is 10.0. The molecule has 1 aromatic heterocycles. The molecule has 0 saturated heterocycles. The van der Waals surface area contributed by atoms with Crippen LogP contribution in [0, 0.1) is 0 Å². The fraction of sp³-hybridized carbons (Fsp3) is 0.636. The Balaban J connectivity index is 0.00000144. The molecule has 1 aliphatic carbocycles. The molecule has 2 rings (SSSR count). The average molecular weight is 276 g/mol. The molecule has 0 saturated carbocycles. The zero-order valence-corrected chi connectivity index (χ0v) is 11.5. The maximum atomic E-state index is 11.5. The minimum atomic E-state index is 0. The highest BCUT2D eigenvalue weighted by molar-refractivity contribution is 7.15. The van der Waals surface area contributed by atoms with Crippen molar-refractivity contribution < 1.29 is 4.79 Å². The molecule has 0 radical (unpaired) electrons. The van der Waals surface area contributed by atoms with Crippen molar-refractivity contribution in [2.75, 3.05) is 18.9 Å². The van der Waals surface area contributed by atoms with Crippen LogP contribution in [-0.4, -0.2) is 24.5 Å². The topological polar surface area (TPSA) is 54.0 Å². The predicted molar refractivity (Wildman–Crippen MR) is 73.2 cm³/mol. The Morgan fingerprint density at radius 2 is 2.18 bits per heavy atom. The lowest BCUT2D eigenvalue weighted by Crippen LogP contribution is -2.18. The van der Waals surface area contributed by atoms with Crippen molar-refractivity contribution in [1.82, 2.24) is 10.3 Å². The molecule has 0 unspecified atom stereocenters. The summed E-state index contributed by atoms with van der Waals surface area (Å²) in [4.78, 5) is 17.3. The van der Waals surface area contributed by atoms with E-state index >= 15 is 0 Å².